The minimum absolute atomic E-state index is 0.0332. The molecular formula is C18H29N3O4S. The lowest BCUT2D eigenvalue weighted by molar-refractivity contribution is -0.134. The van der Waals surface area contributed by atoms with Crippen LogP contribution in [-0.4, -0.2) is 73.7 Å². The zero-order chi connectivity index (χ0) is 19.3. The van der Waals surface area contributed by atoms with Crippen molar-refractivity contribution in [2.75, 3.05) is 45.9 Å². The first-order valence-electron chi connectivity index (χ1n) is 9.03. The highest BCUT2D eigenvalue weighted by molar-refractivity contribution is 7.86. The van der Waals surface area contributed by atoms with Crippen LogP contribution < -0.4 is 4.74 Å². The van der Waals surface area contributed by atoms with E-state index in [0.29, 0.717) is 39.3 Å². The van der Waals surface area contributed by atoms with Gasteiger partial charge in [0, 0.05) is 39.3 Å². The van der Waals surface area contributed by atoms with Crippen molar-refractivity contribution in [1.29, 1.82) is 0 Å². The predicted molar refractivity (Wildman–Crippen MR) is 101 cm³/mol. The second kappa shape index (κ2) is 8.83. The Hall–Kier alpha value is -1.64. The molecule has 0 saturated carbocycles. The molecule has 0 radical (unpaired) electrons. The zero-order valence-corrected chi connectivity index (χ0v) is 16.9. The molecule has 0 aliphatic carbocycles. The van der Waals surface area contributed by atoms with Crippen LogP contribution in [0.2, 0.25) is 0 Å². The highest BCUT2D eigenvalue weighted by Gasteiger charge is 2.32. The van der Waals surface area contributed by atoms with E-state index in [1.807, 2.05) is 45.9 Å². The smallest absolute Gasteiger partial charge is 0.282 e. The maximum Gasteiger partial charge on any atom is 0.282 e. The summed E-state index contributed by atoms with van der Waals surface area (Å²) in [5.41, 5.74) is 1.99. The molecule has 0 N–H and O–H groups in total. The molecule has 2 rings (SSSR count). The summed E-state index contributed by atoms with van der Waals surface area (Å²) in [6, 6.07) is 5.85. The second-order valence-electron chi connectivity index (χ2n) is 6.38. The molecule has 1 fully saturated rings. The van der Waals surface area contributed by atoms with Crippen LogP contribution in [0, 0.1) is 13.8 Å². The summed E-state index contributed by atoms with van der Waals surface area (Å²) in [5, 5.41) is 0. The molecular weight excluding hydrogens is 354 g/mol. The van der Waals surface area contributed by atoms with Gasteiger partial charge < -0.3 is 9.64 Å². The van der Waals surface area contributed by atoms with Gasteiger partial charge in [0.25, 0.3) is 16.1 Å². The highest BCUT2D eigenvalue weighted by Crippen LogP contribution is 2.22. The van der Waals surface area contributed by atoms with Gasteiger partial charge in [-0.3, -0.25) is 4.79 Å². The molecule has 1 heterocycles. The Morgan fingerprint density at radius 3 is 2.12 bits per heavy atom. The van der Waals surface area contributed by atoms with Crippen molar-refractivity contribution in [3.05, 3.63) is 29.3 Å². The average molecular weight is 384 g/mol. The van der Waals surface area contributed by atoms with E-state index in [4.69, 9.17) is 4.74 Å². The second-order valence-corrected chi connectivity index (χ2v) is 8.31. The lowest BCUT2D eigenvalue weighted by Gasteiger charge is -2.36. The number of benzene rings is 1. The average Bonchev–Trinajstić information content (AvgIpc) is 2.62. The molecule has 0 aromatic heterocycles. The van der Waals surface area contributed by atoms with Crippen LogP contribution in [-0.2, 0) is 15.0 Å². The number of rotatable bonds is 7. The van der Waals surface area contributed by atoms with Crippen molar-refractivity contribution in [3.8, 4) is 5.75 Å². The number of piperazine rings is 1. The van der Waals surface area contributed by atoms with Crippen molar-refractivity contribution in [2.45, 2.75) is 27.7 Å². The Bertz CT molecular complexity index is 704. The molecule has 1 aliphatic rings. The third-order valence-electron chi connectivity index (χ3n) is 4.70. The summed E-state index contributed by atoms with van der Waals surface area (Å²) in [7, 11) is -3.44. The number of hydrogen-bond acceptors (Lipinski definition) is 4. The van der Waals surface area contributed by atoms with E-state index in [-0.39, 0.29) is 12.5 Å². The third kappa shape index (κ3) is 4.55. The number of para-hydroxylation sites is 1. The van der Waals surface area contributed by atoms with Gasteiger partial charge in [-0.25, -0.2) is 0 Å². The molecule has 0 atom stereocenters. The Morgan fingerprint density at radius 2 is 1.62 bits per heavy atom. The Labute approximate surface area is 156 Å². The summed E-state index contributed by atoms with van der Waals surface area (Å²) in [6.07, 6.45) is 0. The Balaban J connectivity index is 1.90. The van der Waals surface area contributed by atoms with Gasteiger partial charge in [0.1, 0.15) is 5.75 Å². The predicted octanol–water partition coefficient (Wildman–Crippen LogP) is 1.41. The molecule has 1 aliphatic heterocycles. The maximum atomic E-state index is 12.5. The van der Waals surface area contributed by atoms with Gasteiger partial charge >= 0.3 is 0 Å². The monoisotopic (exact) mass is 383 g/mol. The van der Waals surface area contributed by atoms with Crippen molar-refractivity contribution in [1.82, 2.24) is 13.5 Å². The van der Waals surface area contributed by atoms with Crippen LogP contribution in [0.15, 0.2) is 18.2 Å². The standard InChI is InChI=1S/C18H29N3O4S/c1-5-20(6-2)26(23,24)21-12-10-19(11-13-21)17(22)14-25-18-15(3)8-7-9-16(18)4/h7-9H,5-6,10-14H2,1-4H3. The van der Waals surface area contributed by atoms with Crippen molar-refractivity contribution in [2.24, 2.45) is 0 Å². The van der Waals surface area contributed by atoms with Crippen molar-refractivity contribution in [3.63, 3.8) is 0 Å². The molecule has 1 amide bonds. The zero-order valence-electron chi connectivity index (χ0n) is 16.1. The summed E-state index contributed by atoms with van der Waals surface area (Å²) < 4.78 is 33.7. The van der Waals surface area contributed by atoms with Crippen LogP contribution in [0.25, 0.3) is 0 Å². The maximum absolute atomic E-state index is 12.5. The fraction of sp³-hybridized carbons (Fsp3) is 0.611. The number of aryl methyl sites for hydroxylation is 2. The van der Waals surface area contributed by atoms with Gasteiger partial charge in [-0.1, -0.05) is 32.0 Å². The first-order valence-corrected chi connectivity index (χ1v) is 10.4. The van der Waals surface area contributed by atoms with Gasteiger partial charge in [0.2, 0.25) is 0 Å². The molecule has 1 aromatic rings. The van der Waals surface area contributed by atoms with E-state index in [2.05, 4.69) is 0 Å². The number of nitrogens with zero attached hydrogens (tertiary/aromatic N) is 3. The largest absolute Gasteiger partial charge is 0.483 e. The fourth-order valence-corrected chi connectivity index (χ4v) is 4.74. The fourth-order valence-electron chi connectivity index (χ4n) is 3.13. The first-order chi connectivity index (χ1) is 12.3. The van der Waals surface area contributed by atoms with E-state index < -0.39 is 10.2 Å². The number of hydrogen-bond donors (Lipinski definition) is 0. The van der Waals surface area contributed by atoms with Gasteiger partial charge in [-0.05, 0) is 25.0 Å². The minimum Gasteiger partial charge on any atom is -0.483 e. The molecule has 0 bridgehead atoms. The minimum atomic E-state index is -3.44. The molecule has 26 heavy (non-hydrogen) atoms. The number of ether oxygens (including phenoxy) is 1. The normalized spacial score (nSPS) is 16.1. The number of carbonyl (C=O) groups is 1. The van der Waals surface area contributed by atoms with Crippen molar-refractivity contribution >= 4 is 16.1 Å². The van der Waals surface area contributed by atoms with Crippen LogP contribution in [0.4, 0.5) is 0 Å². The lowest BCUT2D eigenvalue weighted by Crippen LogP contribution is -2.54. The first kappa shape index (κ1) is 20.7. The van der Waals surface area contributed by atoms with Crippen LogP contribution in [0.5, 0.6) is 5.75 Å². The van der Waals surface area contributed by atoms with E-state index in [1.165, 1.54) is 8.61 Å². The molecule has 0 spiro atoms. The van der Waals surface area contributed by atoms with Gasteiger partial charge in [0.05, 0.1) is 0 Å². The summed E-state index contributed by atoms with van der Waals surface area (Å²) in [5.74, 6) is 0.621. The SMILES string of the molecule is CCN(CC)S(=O)(=O)N1CCN(C(=O)COc2c(C)cccc2C)CC1. The van der Waals surface area contributed by atoms with Crippen LogP contribution in [0.3, 0.4) is 0 Å². The molecule has 7 nitrogen and oxygen atoms in total. The molecule has 1 aromatic carbocycles. The van der Waals surface area contributed by atoms with Crippen LogP contribution >= 0.6 is 0 Å². The molecule has 146 valence electrons. The summed E-state index contributed by atoms with van der Waals surface area (Å²) in [4.78, 5) is 14.1. The molecule has 1 saturated heterocycles. The molecule has 8 heteroatoms. The Morgan fingerprint density at radius 1 is 1.08 bits per heavy atom. The van der Waals surface area contributed by atoms with E-state index in [9.17, 15) is 13.2 Å². The topological polar surface area (TPSA) is 70.2 Å². The van der Waals surface area contributed by atoms with E-state index in [0.717, 1.165) is 16.9 Å². The van der Waals surface area contributed by atoms with Gasteiger partial charge in [-0.15, -0.1) is 0 Å². The van der Waals surface area contributed by atoms with E-state index in [1.54, 1.807) is 4.90 Å². The highest BCUT2D eigenvalue weighted by atomic mass is 32.2. The lowest BCUT2D eigenvalue weighted by atomic mass is 10.1. The summed E-state index contributed by atoms with van der Waals surface area (Å²) >= 11 is 0. The summed E-state index contributed by atoms with van der Waals surface area (Å²) in [6.45, 7) is 9.80. The number of carbonyl (C=O) groups excluding carboxylic acids is 1. The molecule has 0 unspecified atom stereocenters. The number of amides is 1. The van der Waals surface area contributed by atoms with Crippen LogP contribution in [0.1, 0.15) is 25.0 Å². The van der Waals surface area contributed by atoms with Gasteiger partial charge in [0.15, 0.2) is 6.61 Å². The quantitative estimate of drug-likeness (QED) is 0.714. The van der Waals surface area contributed by atoms with E-state index >= 15 is 0 Å². The Kier molecular flexibility index (Phi) is 7.02. The van der Waals surface area contributed by atoms with Gasteiger partial charge in [-0.2, -0.15) is 17.0 Å². The van der Waals surface area contributed by atoms with Crippen molar-refractivity contribution < 1.29 is 17.9 Å². The third-order valence-corrected chi connectivity index (χ3v) is 6.88.